The minimum Gasteiger partial charge on any atom is -0.445 e. The fourth-order valence-corrected chi connectivity index (χ4v) is 2.61. The average Bonchev–Trinajstić information content (AvgIpc) is 3.14. The maximum absolute atomic E-state index is 12.0. The van der Waals surface area contributed by atoms with Crippen LogP contribution >= 0.6 is 0 Å². The summed E-state index contributed by atoms with van der Waals surface area (Å²) < 4.78 is 10.8. The van der Waals surface area contributed by atoms with Gasteiger partial charge in [-0.3, -0.25) is 0 Å². The summed E-state index contributed by atoms with van der Waals surface area (Å²) in [5.74, 6) is 0.114. The summed E-state index contributed by atoms with van der Waals surface area (Å²) >= 11 is 0. The first kappa shape index (κ1) is 15.9. The first-order chi connectivity index (χ1) is 10.1. The Morgan fingerprint density at radius 1 is 0.905 bits per heavy atom. The van der Waals surface area contributed by atoms with E-state index in [0.717, 1.165) is 51.9 Å². The highest BCUT2D eigenvalue weighted by molar-refractivity contribution is 5.69. The Kier molecular flexibility index (Phi) is 5.70. The molecule has 2 saturated heterocycles. The minimum atomic E-state index is -0.385. The van der Waals surface area contributed by atoms with Crippen molar-refractivity contribution in [3.05, 3.63) is 0 Å². The second-order valence-electron chi connectivity index (χ2n) is 6.13. The van der Waals surface area contributed by atoms with Gasteiger partial charge >= 0.3 is 12.2 Å². The molecule has 2 fully saturated rings. The lowest BCUT2D eigenvalue weighted by atomic mass is 10.1. The maximum atomic E-state index is 12.0. The van der Waals surface area contributed by atoms with E-state index in [0.29, 0.717) is 0 Å². The Morgan fingerprint density at radius 3 is 1.86 bits per heavy atom. The fourth-order valence-electron chi connectivity index (χ4n) is 2.61. The van der Waals surface area contributed by atoms with Crippen molar-refractivity contribution in [2.45, 2.75) is 45.6 Å². The number of carbonyl (C=O) groups excluding carboxylic acids is 2. The second kappa shape index (κ2) is 7.52. The molecule has 0 spiro atoms. The summed E-state index contributed by atoms with van der Waals surface area (Å²) in [6.45, 7) is 7.11. The van der Waals surface area contributed by atoms with E-state index in [1.54, 1.807) is 9.80 Å². The molecule has 0 radical (unpaired) electrons. The number of ether oxygens (including phenoxy) is 2. The van der Waals surface area contributed by atoms with Gasteiger partial charge in [-0.25, -0.2) is 9.59 Å². The highest BCUT2D eigenvalue weighted by Gasteiger charge is 2.27. The quantitative estimate of drug-likeness (QED) is 0.800. The number of hydrogen-bond acceptors (Lipinski definition) is 4. The zero-order valence-corrected chi connectivity index (χ0v) is 13.0. The van der Waals surface area contributed by atoms with Crippen molar-refractivity contribution < 1.29 is 19.1 Å². The highest BCUT2D eigenvalue weighted by Crippen LogP contribution is 2.15. The van der Waals surface area contributed by atoms with E-state index >= 15 is 0 Å². The molecule has 6 heteroatoms. The zero-order chi connectivity index (χ0) is 15.2. The molecular weight excluding hydrogens is 272 g/mol. The molecule has 1 unspecified atom stereocenters. The second-order valence-corrected chi connectivity index (χ2v) is 6.13. The monoisotopic (exact) mass is 298 g/mol. The van der Waals surface area contributed by atoms with Crippen molar-refractivity contribution in [2.75, 3.05) is 32.8 Å². The molecular formula is C15H26N2O4. The lowest BCUT2D eigenvalue weighted by Crippen LogP contribution is -2.38. The number of carbonyl (C=O) groups is 2. The summed E-state index contributed by atoms with van der Waals surface area (Å²) in [5.41, 5.74) is 0. The number of rotatable bonds is 4. The molecule has 6 nitrogen and oxygen atoms in total. The Balaban J connectivity index is 1.78. The molecule has 21 heavy (non-hydrogen) atoms. The van der Waals surface area contributed by atoms with Gasteiger partial charge in [0.1, 0.15) is 12.7 Å². The molecule has 120 valence electrons. The van der Waals surface area contributed by atoms with Crippen LogP contribution in [0.1, 0.15) is 39.5 Å². The molecule has 1 atom stereocenters. The third-order valence-corrected chi connectivity index (χ3v) is 4.10. The molecule has 2 rings (SSSR count). The van der Waals surface area contributed by atoms with Gasteiger partial charge in [-0.15, -0.1) is 0 Å². The van der Waals surface area contributed by atoms with Crippen molar-refractivity contribution in [3.8, 4) is 0 Å². The summed E-state index contributed by atoms with van der Waals surface area (Å²) in [6.07, 6.45) is 3.17. The maximum Gasteiger partial charge on any atom is 0.410 e. The summed E-state index contributed by atoms with van der Waals surface area (Å²) in [6, 6.07) is 0. The van der Waals surface area contributed by atoms with Gasteiger partial charge in [0.25, 0.3) is 0 Å². The Labute approximate surface area is 126 Å². The largest absolute Gasteiger partial charge is 0.445 e. The molecule has 0 aromatic carbocycles. The van der Waals surface area contributed by atoms with Crippen molar-refractivity contribution >= 4 is 12.2 Å². The smallest absolute Gasteiger partial charge is 0.410 e. The van der Waals surface area contributed by atoms with Crippen molar-refractivity contribution in [3.63, 3.8) is 0 Å². The van der Waals surface area contributed by atoms with Gasteiger partial charge in [-0.05, 0) is 31.6 Å². The third-order valence-electron chi connectivity index (χ3n) is 4.10. The van der Waals surface area contributed by atoms with Crippen LogP contribution in [-0.4, -0.2) is 60.9 Å². The molecule has 2 aliphatic rings. The molecule has 0 bridgehead atoms. The van der Waals surface area contributed by atoms with Crippen LogP contribution in [0.4, 0.5) is 9.59 Å². The van der Waals surface area contributed by atoms with Crippen LogP contribution in [0.2, 0.25) is 0 Å². The summed E-state index contributed by atoms with van der Waals surface area (Å²) in [7, 11) is 0. The van der Waals surface area contributed by atoms with E-state index in [2.05, 4.69) is 0 Å². The SMILES string of the molecule is CC(C)C(COC(=O)N1CCCC1)OC(=O)N1CCCC1. The van der Waals surface area contributed by atoms with Gasteiger partial charge in [-0.2, -0.15) is 0 Å². The van der Waals surface area contributed by atoms with Gasteiger partial charge in [0, 0.05) is 26.2 Å². The lowest BCUT2D eigenvalue weighted by molar-refractivity contribution is 0.000881. The van der Waals surface area contributed by atoms with Crippen LogP contribution in [0.3, 0.4) is 0 Å². The number of nitrogens with zero attached hydrogens (tertiary/aromatic N) is 2. The topological polar surface area (TPSA) is 59.1 Å². The molecule has 0 saturated carbocycles. The molecule has 2 amide bonds. The van der Waals surface area contributed by atoms with E-state index in [-0.39, 0.29) is 30.8 Å². The molecule has 2 aliphatic heterocycles. The zero-order valence-electron chi connectivity index (χ0n) is 13.0. The van der Waals surface area contributed by atoms with Crippen LogP contribution in [0, 0.1) is 5.92 Å². The van der Waals surface area contributed by atoms with E-state index in [9.17, 15) is 9.59 Å². The molecule has 0 N–H and O–H groups in total. The van der Waals surface area contributed by atoms with Gasteiger partial charge in [-0.1, -0.05) is 13.8 Å². The first-order valence-electron chi connectivity index (χ1n) is 7.95. The fraction of sp³-hybridized carbons (Fsp3) is 0.867. The standard InChI is InChI=1S/C15H26N2O4/c1-12(2)13(21-15(19)17-9-5-6-10-17)11-20-14(18)16-7-3-4-8-16/h12-13H,3-11H2,1-2H3. The number of hydrogen-bond donors (Lipinski definition) is 0. The molecule has 2 heterocycles. The van der Waals surface area contributed by atoms with Crippen LogP contribution < -0.4 is 0 Å². The first-order valence-corrected chi connectivity index (χ1v) is 7.95. The highest BCUT2D eigenvalue weighted by atomic mass is 16.6. The van der Waals surface area contributed by atoms with Gasteiger partial charge in [0.05, 0.1) is 0 Å². The van der Waals surface area contributed by atoms with E-state index in [1.807, 2.05) is 13.8 Å². The Hall–Kier alpha value is -1.46. The minimum absolute atomic E-state index is 0.114. The Bertz CT molecular complexity index is 361. The normalized spacial score (nSPS) is 20.0. The van der Waals surface area contributed by atoms with Crippen LogP contribution in [0.15, 0.2) is 0 Å². The van der Waals surface area contributed by atoms with E-state index < -0.39 is 0 Å². The van der Waals surface area contributed by atoms with Crippen molar-refractivity contribution in [1.29, 1.82) is 0 Å². The van der Waals surface area contributed by atoms with Crippen LogP contribution in [0.25, 0.3) is 0 Å². The van der Waals surface area contributed by atoms with Crippen molar-refractivity contribution in [1.82, 2.24) is 9.80 Å². The lowest BCUT2D eigenvalue weighted by Gasteiger charge is -2.25. The predicted octanol–water partition coefficient (Wildman–Crippen LogP) is 2.48. The predicted molar refractivity (Wildman–Crippen MR) is 78.1 cm³/mol. The molecule has 0 aromatic rings. The van der Waals surface area contributed by atoms with Gasteiger partial charge in [0.2, 0.25) is 0 Å². The third kappa shape index (κ3) is 4.51. The molecule has 0 aromatic heterocycles. The van der Waals surface area contributed by atoms with E-state index in [1.165, 1.54) is 0 Å². The van der Waals surface area contributed by atoms with Gasteiger partial charge in [0.15, 0.2) is 0 Å². The number of amides is 2. The van der Waals surface area contributed by atoms with E-state index in [4.69, 9.17) is 9.47 Å². The van der Waals surface area contributed by atoms with Gasteiger partial charge < -0.3 is 19.3 Å². The molecule has 0 aliphatic carbocycles. The Morgan fingerprint density at radius 2 is 1.38 bits per heavy atom. The summed E-state index contributed by atoms with van der Waals surface area (Å²) in [4.78, 5) is 27.3. The summed E-state index contributed by atoms with van der Waals surface area (Å²) in [5, 5.41) is 0. The van der Waals surface area contributed by atoms with Crippen LogP contribution in [0.5, 0.6) is 0 Å². The van der Waals surface area contributed by atoms with Crippen molar-refractivity contribution in [2.24, 2.45) is 5.92 Å². The number of likely N-dealkylation sites (tertiary alicyclic amines) is 2. The average molecular weight is 298 g/mol. The van der Waals surface area contributed by atoms with Crippen LogP contribution in [-0.2, 0) is 9.47 Å².